The normalized spacial score (nSPS) is 15.1. The van der Waals surface area contributed by atoms with Gasteiger partial charge in [-0.25, -0.2) is 0 Å². The van der Waals surface area contributed by atoms with Crippen molar-refractivity contribution in [3.63, 3.8) is 0 Å². The number of rotatable bonds is 5. The summed E-state index contributed by atoms with van der Waals surface area (Å²) in [6.07, 6.45) is 0. The summed E-state index contributed by atoms with van der Waals surface area (Å²) in [6.45, 7) is 0. The fourth-order valence-electron chi connectivity index (χ4n) is 8.51. The number of para-hydroxylation sites is 5. The molecule has 3 heteroatoms. The van der Waals surface area contributed by atoms with E-state index in [-0.39, 0.29) is 5.69 Å². The van der Waals surface area contributed by atoms with Crippen LogP contribution in [0.4, 0.5) is 0 Å². The monoisotopic (exact) mass is 738 g/mol. The Morgan fingerprint density at radius 2 is 0.807 bits per heavy atom. The summed E-state index contributed by atoms with van der Waals surface area (Å²) < 4.78 is 122. The Hall–Kier alpha value is -7.62. The number of hydrogen-bond acceptors (Lipinski definition) is 0. The Balaban J connectivity index is 1.17. The molecule has 0 saturated carbocycles. The molecule has 57 heavy (non-hydrogen) atoms. The molecule has 3 heterocycles. The number of fused-ring (bicyclic) bond motifs is 9. The Morgan fingerprint density at radius 3 is 1.47 bits per heavy atom. The molecule has 0 aliphatic carbocycles. The molecule has 0 bridgehead atoms. The van der Waals surface area contributed by atoms with Gasteiger partial charge in [-0.2, -0.15) is 0 Å². The molecule has 9 aromatic carbocycles. The molecular formula is C54H35N3. The first-order chi connectivity index (χ1) is 33.7. The van der Waals surface area contributed by atoms with E-state index in [1.807, 2.05) is 78.9 Å². The van der Waals surface area contributed by atoms with E-state index >= 15 is 0 Å². The second-order valence-electron chi connectivity index (χ2n) is 13.9. The highest BCUT2D eigenvalue weighted by Crippen LogP contribution is 2.41. The summed E-state index contributed by atoms with van der Waals surface area (Å²) in [5.41, 5.74) is 4.52. The number of benzene rings is 9. The second-order valence-corrected chi connectivity index (χ2v) is 13.9. The summed E-state index contributed by atoms with van der Waals surface area (Å²) in [5.74, 6) is 0. The van der Waals surface area contributed by atoms with Crippen molar-refractivity contribution in [2.75, 3.05) is 0 Å². The van der Waals surface area contributed by atoms with Crippen LogP contribution in [0, 0.1) is 0 Å². The Kier molecular flexibility index (Phi) is 4.69. The molecule has 0 fully saturated rings. The number of nitrogens with zero attached hydrogens (tertiary/aromatic N) is 3. The lowest BCUT2D eigenvalue weighted by molar-refractivity contribution is 1.13. The summed E-state index contributed by atoms with van der Waals surface area (Å²) >= 11 is 0. The van der Waals surface area contributed by atoms with Crippen molar-refractivity contribution in [3.05, 3.63) is 212 Å². The lowest BCUT2D eigenvalue weighted by Gasteiger charge is -2.15. The topological polar surface area (TPSA) is 14.8 Å². The van der Waals surface area contributed by atoms with E-state index < -0.39 is 101 Å². The first-order valence-corrected chi connectivity index (χ1v) is 18.6. The standard InChI is InChI=1S/C54H35N3/c1-2-15-36(16-3-1)37-17-12-18-38(33-37)39-19-13-20-40(34-39)55-48-26-8-4-23-44(48)46-32-31-41(35-53(46)55)56-49-27-9-7-24-45(49)47-25-14-30-52(54(47)56)57-50-28-10-5-21-42(50)43-22-6-11-29-51(43)57/h1-35H/i1D,2D,3D,12D,13D,15D,16D,17D,18D,19D,20D,33D,34D. The summed E-state index contributed by atoms with van der Waals surface area (Å²) in [4.78, 5) is 0. The minimum atomic E-state index is -0.775. The highest BCUT2D eigenvalue weighted by Gasteiger charge is 2.21. The zero-order valence-corrected chi connectivity index (χ0v) is 30.0. The average Bonchev–Trinajstić information content (AvgIpc) is 4.01. The maximum Gasteiger partial charge on any atom is 0.0782 e. The first kappa shape index (κ1) is 21.5. The van der Waals surface area contributed by atoms with Crippen molar-refractivity contribution >= 4 is 65.4 Å². The molecule has 3 aromatic heterocycles. The molecule has 0 saturated heterocycles. The van der Waals surface area contributed by atoms with E-state index in [0.29, 0.717) is 11.0 Å². The molecule has 0 amide bonds. The van der Waals surface area contributed by atoms with Crippen LogP contribution in [-0.2, 0) is 0 Å². The van der Waals surface area contributed by atoms with Crippen LogP contribution in [0.5, 0.6) is 0 Å². The number of hydrogen-bond donors (Lipinski definition) is 0. The lowest BCUT2D eigenvalue weighted by atomic mass is 9.99. The predicted molar refractivity (Wildman–Crippen MR) is 240 cm³/mol. The third kappa shape index (κ3) is 4.79. The van der Waals surface area contributed by atoms with Crippen LogP contribution in [0.3, 0.4) is 0 Å². The van der Waals surface area contributed by atoms with Gasteiger partial charge in [-0.1, -0.05) is 151 Å². The molecule has 0 N–H and O–H groups in total. The first-order valence-electron chi connectivity index (χ1n) is 25.1. The van der Waals surface area contributed by atoms with Crippen LogP contribution in [0.25, 0.3) is 105 Å². The van der Waals surface area contributed by atoms with Gasteiger partial charge in [0.25, 0.3) is 0 Å². The van der Waals surface area contributed by atoms with Gasteiger partial charge in [-0.05, 0) is 82.8 Å². The second kappa shape index (κ2) is 12.5. The molecule has 12 aromatic rings. The van der Waals surface area contributed by atoms with Crippen molar-refractivity contribution < 1.29 is 17.8 Å². The molecule has 12 rings (SSSR count). The minimum absolute atomic E-state index is 0.141. The Bertz CT molecular complexity index is 4220. The predicted octanol–water partition coefficient (Wildman–Crippen LogP) is 14.3. The van der Waals surface area contributed by atoms with Gasteiger partial charge < -0.3 is 13.7 Å². The quantitative estimate of drug-likeness (QED) is 0.167. The molecule has 3 nitrogen and oxygen atoms in total. The van der Waals surface area contributed by atoms with Gasteiger partial charge in [-0.15, -0.1) is 0 Å². The van der Waals surface area contributed by atoms with E-state index in [1.165, 1.54) is 0 Å². The maximum atomic E-state index is 9.93. The zero-order valence-electron chi connectivity index (χ0n) is 43.0. The highest BCUT2D eigenvalue weighted by atomic mass is 15.1. The van der Waals surface area contributed by atoms with Gasteiger partial charge in [0.05, 0.1) is 56.6 Å². The van der Waals surface area contributed by atoms with Crippen LogP contribution in [0.15, 0.2) is 212 Å². The zero-order chi connectivity index (χ0) is 48.8. The molecule has 0 aliphatic heterocycles. The Labute approximate surface area is 347 Å². The van der Waals surface area contributed by atoms with E-state index in [4.69, 9.17) is 11.0 Å². The third-order valence-corrected chi connectivity index (χ3v) is 10.9. The minimum Gasteiger partial charge on any atom is -0.309 e. The fourth-order valence-corrected chi connectivity index (χ4v) is 8.51. The molecule has 0 atom stereocenters. The average molecular weight is 739 g/mol. The third-order valence-electron chi connectivity index (χ3n) is 10.9. The van der Waals surface area contributed by atoms with Crippen LogP contribution >= 0.6 is 0 Å². The summed E-state index contributed by atoms with van der Waals surface area (Å²) in [7, 11) is 0. The largest absolute Gasteiger partial charge is 0.309 e. The van der Waals surface area contributed by atoms with E-state index in [1.54, 1.807) is 4.57 Å². The van der Waals surface area contributed by atoms with Gasteiger partial charge in [0.1, 0.15) is 0 Å². The highest BCUT2D eigenvalue weighted by molar-refractivity contribution is 6.16. The van der Waals surface area contributed by atoms with Crippen LogP contribution in [0.2, 0.25) is 0 Å². The van der Waals surface area contributed by atoms with Crippen molar-refractivity contribution in [2.45, 2.75) is 0 Å². The molecule has 0 aliphatic rings. The fraction of sp³-hybridized carbons (Fsp3) is 0. The maximum absolute atomic E-state index is 9.93. The van der Waals surface area contributed by atoms with Crippen LogP contribution in [-0.4, -0.2) is 13.7 Å². The van der Waals surface area contributed by atoms with Crippen molar-refractivity contribution in [1.29, 1.82) is 0 Å². The molecule has 0 radical (unpaired) electrons. The van der Waals surface area contributed by atoms with Crippen molar-refractivity contribution in [3.8, 4) is 39.3 Å². The van der Waals surface area contributed by atoms with Gasteiger partial charge in [0, 0.05) is 43.7 Å². The smallest absolute Gasteiger partial charge is 0.0782 e. The molecule has 0 spiro atoms. The number of aromatic nitrogens is 3. The van der Waals surface area contributed by atoms with E-state index in [0.717, 1.165) is 65.8 Å². The van der Waals surface area contributed by atoms with Crippen LogP contribution in [0.1, 0.15) is 17.8 Å². The Morgan fingerprint density at radius 1 is 0.316 bits per heavy atom. The molecule has 266 valence electrons. The SMILES string of the molecule is [2H]c1c([2H])c([2H])c(-c2c([2H])c([2H])c([2H])c(-c3c([2H])c([2H])c([2H])c(-n4c5ccccc5c5ccc(-n6c7ccccc7c7cccc(-n8c9ccccc9c9ccccc98)c76)cc54)c3[2H])c2[2H])c([2H])c1[2H]. The van der Waals surface area contributed by atoms with Crippen molar-refractivity contribution in [2.24, 2.45) is 0 Å². The van der Waals surface area contributed by atoms with Crippen LogP contribution < -0.4 is 0 Å². The molecule has 0 unspecified atom stereocenters. The lowest BCUT2D eigenvalue weighted by Crippen LogP contribution is -2.01. The van der Waals surface area contributed by atoms with Gasteiger partial charge in [0.15, 0.2) is 0 Å². The summed E-state index contributed by atoms with van der Waals surface area (Å²) in [5, 5.41) is 5.77. The van der Waals surface area contributed by atoms with Gasteiger partial charge in [0.2, 0.25) is 0 Å². The van der Waals surface area contributed by atoms with Crippen molar-refractivity contribution in [1.82, 2.24) is 13.7 Å². The molecular weight excluding hydrogens is 691 g/mol. The van der Waals surface area contributed by atoms with E-state index in [9.17, 15) is 6.85 Å². The van der Waals surface area contributed by atoms with Gasteiger partial charge in [-0.3, -0.25) is 0 Å². The van der Waals surface area contributed by atoms with E-state index in [2.05, 4.69) is 63.7 Å². The summed E-state index contributed by atoms with van der Waals surface area (Å²) in [6, 6.07) is 35.6. The van der Waals surface area contributed by atoms with Gasteiger partial charge >= 0.3 is 0 Å².